The first-order valence-corrected chi connectivity index (χ1v) is 7.85. The van der Waals surface area contributed by atoms with E-state index in [4.69, 9.17) is 4.74 Å². The van der Waals surface area contributed by atoms with Crippen LogP contribution >= 0.6 is 0 Å². The fourth-order valence-corrected chi connectivity index (χ4v) is 3.96. The Balaban J connectivity index is 1.72. The van der Waals surface area contributed by atoms with Crippen molar-refractivity contribution in [1.29, 1.82) is 0 Å². The standard InChI is InChI=1S/C17H24FNO/c1-20-17-14(8-5-9-15(17)18)13-10-16(19-11-13)12-6-3-2-4-7-12/h5,8-9,12-13,16,19H,2-4,6-7,10-11H2,1H3. The number of nitrogens with one attached hydrogen (secondary N) is 1. The minimum Gasteiger partial charge on any atom is -0.493 e. The van der Waals surface area contributed by atoms with Gasteiger partial charge in [0.05, 0.1) is 7.11 Å². The molecule has 0 spiro atoms. The van der Waals surface area contributed by atoms with Crippen LogP contribution in [0.4, 0.5) is 4.39 Å². The van der Waals surface area contributed by atoms with Gasteiger partial charge in [0.15, 0.2) is 11.6 Å². The lowest BCUT2D eigenvalue weighted by Gasteiger charge is -2.27. The van der Waals surface area contributed by atoms with Crippen LogP contribution in [0.1, 0.15) is 50.0 Å². The van der Waals surface area contributed by atoms with Crippen LogP contribution in [-0.4, -0.2) is 19.7 Å². The summed E-state index contributed by atoms with van der Waals surface area (Å²) in [5.41, 5.74) is 1.03. The Kier molecular flexibility index (Phi) is 4.25. The molecular weight excluding hydrogens is 253 g/mol. The second-order valence-electron chi connectivity index (χ2n) is 6.21. The number of ether oxygens (including phenoxy) is 1. The third-order valence-electron chi connectivity index (χ3n) is 5.03. The van der Waals surface area contributed by atoms with E-state index in [1.165, 1.54) is 38.2 Å². The van der Waals surface area contributed by atoms with Crippen LogP contribution in [0.15, 0.2) is 18.2 Å². The zero-order chi connectivity index (χ0) is 13.9. The molecular formula is C17H24FNO. The first-order chi connectivity index (χ1) is 9.79. The summed E-state index contributed by atoms with van der Waals surface area (Å²) in [5.74, 6) is 1.38. The van der Waals surface area contributed by atoms with Crippen molar-refractivity contribution in [3.63, 3.8) is 0 Å². The molecule has 0 bridgehead atoms. The van der Waals surface area contributed by atoms with E-state index in [-0.39, 0.29) is 5.82 Å². The lowest BCUT2D eigenvalue weighted by Crippen LogP contribution is -2.31. The molecule has 3 heteroatoms. The molecule has 110 valence electrons. The van der Waals surface area contributed by atoms with Gasteiger partial charge in [-0.3, -0.25) is 0 Å². The van der Waals surface area contributed by atoms with Crippen LogP contribution in [0.2, 0.25) is 0 Å². The predicted octanol–water partition coefficient (Wildman–Crippen LogP) is 3.86. The Morgan fingerprint density at radius 2 is 2.00 bits per heavy atom. The number of halogens is 1. The Morgan fingerprint density at radius 3 is 2.75 bits per heavy atom. The molecule has 1 aliphatic carbocycles. The number of methoxy groups -OCH3 is 1. The number of rotatable bonds is 3. The van der Waals surface area contributed by atoms with Crippen molar-refractivity contribution in [2.24, 2.45) is 5.92 Å². The van der Waals surface area contributed by atoms with Gasteiger partial charge in [0.1, 0.15) is 0 Å². The number of benzene rings is 1. The van der Waals surface area contributed by atoms with Gasteiger partial charge in [-0.1, -0.05) is 31.4 Å². The highest BCUT2D eigenvalue weighted by atomic mass is 19.1. The third-order valence-corrected chi connectivity index (χ3v) is 5.03. The van der Waals surface area contributed by atoms with Gasteiger partial charge in [0.2, 0.25) is 0 Å². The lowest BCUT2D eigenvalue weighted by molar-refractivity contribution is 0.286. The fraction of sp³-hybridized carbons (Fsp3) is 0.647. The maximum atomic E-state index is 13.8. The third kappa shape index (κ3) is 2.69. The topological polar surface area (TPSA) is 21.3 Å². The quantitative estimate of drug-likeness (QED) is 0.906. The molecule has 20 heavy (non-hydrogen) atoms. The molecule has 2 fully saturated rings. The normalized spacial score (nSPS) is 27.7. The van der Waals surface area contributed by atoms with Crippen LogP contribution < -0.4 is 10.1 Å². The van der Waals surface area contributed by atoms with Crippen LogP contribution in [0.5, 0.6) is 5.75 Å². The van der Waals surface area contributed by atoms with Crippen LogP contribution in [0, 0.1) is 11.7 Å². The Morgan fingerprint density at radius 1 is 1.20 bits per heavy atom. The molecule has 0 aromatic heterocycles. The Labute approximate surface area is 120 Å². The summed E-state index contributed by atoms with van der Waals surface area (Å²) >= 11 is 0. The van der Waals surface area contributed by atoms with Crippen LogP contribution in [0.3, 0.4) is 0 Å². The molecule has 0 radical (unpaired) electrons. The van der Waals surface area contributed by atoms with Crippen molar-refractivity contribution in [3.05, 3.63) is 29.6 Å². The average Bonchev–Trinajstić information content (AvgIpc) is 2.97. The molecule has 0 amide bonds. The fourth-order valence-electron chi connectivity index (χ4n) is 3.96. The molecule has 2 aliphatic rings. The van der Waals surface area contributed by atoms with E-state index in [0.717, 1.165) is 24.4 Å². The Hall–Kier alpha value is -1.09. The summed E-state index contributed by atoms with van der Waals surface area (Å²) < 4.78 is 19.1. The summed E-state index contributed by atoms with van der Waals surface area (Å²) in [6.07, 6.45) is 7.96. The van der Waals surface area contributed by atoms with E-state index < -0.39 is 0 Å². The van der Waals surface area contributed by atoms with Gasteiger partial charge in [-0.05, 0) is 31.2 Å². The molecule has 1 aromatic rings. The zero-order valence-electron chi connectivity index (χ0n) is 12.2. The summed E-state index contributed by atoms with van der Waals surface area (Å²) in [4.78, 5) is 0. The minimum absolute atomic E-state index is 0.244. The highest BCUT2D eigenvalue weighted by Gasteiger charge is 2.33. The molecule has 1 N–H and O–H groups in total. The predicted molar refractivity (Wildman–Crippen MR) is 78.7 cm³/mol. The second kappa shape index (κ2) is 6.13. The Bertz CT molecular complexity index is 456. The molecule has 1 aromatic carbocycles. The number of para-hydroxylation sites is 1. The van der Waals surface area contributed by atoms with Gasteiger partial charge in [-0.25, -0.2) is 4.39 Å². The summed E-state index contributed by atoms with van der Waals surface area (Å²) in [6, 6.07) is 5.88. The van der Waals surface area contributed by atoms with Crippen molar-refractivity contribution in [3.8, 4) is 5.75 Å². The van der Waals surface area contributed by atoms with Gasteiger partial charge in [0.25, 0.3) is 0 Å². The molecule has 1 aliphatic heterocycles. The number of hydrogen-bond donors (Lipinski definition) is 1. The SMILES string of the molecule is COc1c(F)cccc1C1CNC(C2CCCCC2)C1. The van der Waals surface area contributed by atoms with Crippen molar-refractivity contribution in [1.82, 2.24) is 5.32 Å². The molecule has 2 unspecified atom stereocenters. The minimum atomic E-state index is -0.244. The van der Waals surface area contributed by atoms with Gasteiger partial charge in [0, 0.05) is 24.1 Å². The first-order valence-electron chi connectivity index (χ1n) is 7.85. The van der Waals surface area contributed by atoms with Gasteiger partial charge in [-0.2, -0.15) is 0 Å². The maximum absolute atomic E-state index is 13.8. The molecule has 3 rings (SSSR count). The molecule has 1 saturated heterocycles. The molecule has 1 heterocycles. The number of hydrogen-bond acceptors (Lipinski definition) is 2. The van der Waals surface area contributed by atoms with Gasteiger partial charge < -0.3 is 10.1 Å². The van der Waals surface area contributed by atoms with Gasteiger partial charge in [-0.15, -0.1) is 0 Å². The van der Waals surface area contributed by atoms with Crippen LogP contribution in [-0.2, 0) is 0 Å². The first kappa shape index (κ1) is 13.9. The maximum Gasteiger partial charge on any atom is 0.165 e. The second-order valence-corrected chi connectivity index (χ2v) is 6.21. The molecule has 2 atom stereocenters. The van der Waals surface area contributed by atoms with Crippen LogP contribution in [0.25, 0.3) is 0 Å². The monoisotopic (exact) mass is 277 g/mol. The van der Waals surface area contributed by atoms with Crippen molar-refractivity contribution >= 4 is 0 Å². The highest BCUT2D eigenvalue weighted by molar-refractivity contribution is 5.38. The summed E-state index contributed by atoms with van der Waals surface area (Å²) in [5, 5.41) is 3.67. The summed E-state index contributed by atoms with van der Waals surface area (Å²) in [7, 11) is 1.56. The molecule has 1 saturated carbocycles. The lowest BCUT2D eigenvalue weighted by atomic mass is 9.81. The van der Waals surface area contributed by atoms with E-state index in [0.29, 0.717) is 17.7 Å². The van der Waals surface area contributed by atoms with Crippen molar-refractivity contribution in [2.75, 3.05) is 13.7 Å². The zero-order valence-corrected chi connectivity index (χ0v) is 12.2. The van der Waals surface area contributed by atoms with E-state index in [1.807, 2.05) is 6.07 Å². The smallest absolute Gasteiger partial charge is 0.165 e. The van der Waals surface area contributed by atoms with Crippen molar-refractivity contribution in [2.45, 2.75) is 50.5 Å². The highest BCUT2D eigenvalue weighted by Crippen LogP contribution is 2.38. The van der Waals surface area contributed by atoms with E-state index in [2.05, 4.69) is 5.32 Å². The van der Waals surface area contributed by atoms with Crippen molar-refractivity contribution < 1.29 is 9.13 Å². The van der Waals surface area contributed by atoms with E-state index >= 15 is 0 Å². The summed E-state index contributed by atoms with van der Waals surface area (Å²) in [6.45, 7) is 0.945. The van der Waals surface area contributed by atoms with Gasteiger partial charge >= 0.3 is 0 Å². The molecule has 2 nitrogen and oxygen atoms in total. The van der Waals surface area contributed by atoms with E-state index in [9.17, 15) is 4.39 Å². The largest absolute Gasteiger partial charge is 0.493 e. The van der Waals surface area contributed by atoms with E-state index in [1.54, 1.807) is 13.2 Å². The average molecular weight is 277 g/mol.